The Bertz CT molecular complexity index is 434. The highest BCUT2D eigenvalue weighted by Crippen LogP contribution is 2.30. The molecule has 0 bridgehead atoms. The van der Waals surface area contributed by atoms with Gasteiger partial charge in [0.1, 0.15) is 0 Å². The summed E-state index contributed by atoms with van der Waals surface area (Å²) in [5.74, 6) is 0.899. The summed E-state index contributed by atoms with van der Waals surface area (Å²) < 4.78 is 4.97. The van der Waals surface area contributed by atoms with Crippen LogP contribution in [0.15, 0.2) is 16.7 Å². The minimum atomic E-state index is -0.0141. The number of hydrogen-bond donors (Lipinski definition) is 0. The molecule has 2 aliphatic rings. The van der Waals surface area contributed by atoms with Gasteiger partial charge >= 0.3 is 0 Å². The third-order valence-electron chi connectivity index (χ3n) is 3.72. The van der Waals surface area contributed by atoms with Gasteiger partial charge in [0.05, 0.1) is 11.8 Å². The third kappa shape index (κ3) is 2.54. The van der Waals surface area contributed by atoms with Crippen molar-refractivity contribution in [2.75, 3.05) is 32.7 Å². The summed E-state index contributed by atoms with van der Waals surface area (Å²) in [4.78, 5) is 16.5. The Balaban J connectivity index is 1.55. The predicted octanol–water partition coefficient (Wildman–Crippen LogP) is 2.10. The van der Waals surface area contributed by atoms with Crippen LogP contribution in [-0.2, 0) is 0 Å². The SMILES string of the molecule is O=C(c1ccoc1Cl)N1CCN(CC2CC2)CC1. The molecule has 98 valence electrons. The minimum absolute atomic E-state index is 0.0141. The highest BCUT2D eigenvalue weighted by molar-refractivity contribution is 6.32. The van der Waals surface area contributed by atoms with Crippen molar-refractivity contribution in [3.05, 3.63) is 23.1 Å². The molecule has 1 aliphatic heterocycles. The van der Waals surface area contributed by atoms with E-state index in [4.69, 9.17) is 16.0 Å². The number of carbonyl (C=O) groups excluding carboxylic acids is 1. The van der Waals surface area contributed by atoms with E-state index in [1.54, 1.807) is 6.07 Å². The maximum absolute atomic E-state index is 12.2. The molecule has 0 unspecified atom stereocenters. The highest BCUT2D eigenvalue weighted by Gasteiger charge is 2.28. The summed E-state index contributed by atoms with van der Waals surface area (Å²) in [5.41, 5.74) is 0.479. The van der Waals surface area contributed by atoms with E-state index in [0.29, 0.717) is 5.56 Å². The summed E-state index contributed by atoms with van der Waals surface area (Å²) in [7, 11) is 0. The molecule has 0 aromatic carbocycles. The maximum Gasteiger partial charge on any atom is 0.258 e. The van der Waals surface area contributed by atoms with Crippen LogP contribution in [0.25, 0.3) is 0 Å². The number of hydrogen-bond acceptors (Lipinski definition) is 3. The monoisotopic (exact) mass is 268 g/mol. The number of amides is 1. The Morgan fingerprint density at radius 1 is 1.33 bits per heavy atom. The molecule has 0 atom stereocenters. The smallest absolute Gasteiger partial charge is 0.258 e. The largest absolute Gasteiger partial charge is 0.452 e. The van der Waals surface area contributed by atoms with E-state index in [-0.39, 0.29) is 11.1 Å². The van der Waals surface area contributed by atoms with E-state index in [9.17, 15) is 4.79 Å². The fourth-order valence-corrected chi connectivity index (χ4v) is 2.61. The van der Waals surface area contributed by atoms with Gasteiger partial charge in [-0.3, -0.25) is 9.69 Å². The zero-order valence-electron chi connectivity index (χ0n) is 10.3. The van der Waals surface area contributed by atoms with Crippen LogP contribution in [-0.4, -0.2) is 48.4 Å². The quantitative estimate of drug-likeness (QED) is 0.842. The molecule has 3 rings (SSSR count). The molecule has 1 amide bonds. The van der Waals surface area contributed by atoms with Crippen LogP contribution in [0.4, 0.5) is 0 Å². The first-order valence-electron chi connectivity index (χ1n) is 6.48. The van der Waals surface area contributed by atoms with Crippen molar-refractivity contribution in [3.63, 3.8) is 0 Å². The topological polar surface area (TPSA) is 36.7 Å². The van der Waals surface area contributed by atoms with E-state index in [2.05, 4.69) is 4.90 Å². The van der Waals surface area contributed by atoms with Gasteiger partial charge < -0.3 is 9.32 Å². The number of rotatable bonds is 3. The van der Waals surface area contributed by atoms with E-state index in [1.165, 1.54) is 25.6 Å². The van der Waals surface area contributed by atoms with Gasteiger partial charge in [0, 0.05) is 32.7 Å². The number of nitrogens with zero attached hydrogens (tertiary/aromatic N) is 2. The van der Waals surface area contributed by atoms with Crippen LogP contribution >= 0.6 is 11.6 Å². The first-order chi connectivity index (χ1) is 8.74. The lowest BCUT2D eigenvalue weighted by molar-refractivity contribution is 0.0631. The van der Waals surface area contributed by atoms with Crippen LogP contribution in [0.2, 0.25) is 5.22 Å². The molecule has 1 saturated heterocycles. The number of carbonyl (C=O) groups is 1. The van der Waals surface area contributed by atoms with Crippen molar-refractivity contribution in [1.29, 1.82) is 0 Å². The van der Waals surface area contributed by atoms with Gasteiger partial charge in [-0.15, -0.1) is 0 Å². The zero-order valence-corrected chi connectivity index (χ0v) is 11.0. The second kappa shape index (κ2) is 4.94. The molecule has 0 spiro atoms. The summed E-state index contributed by atoms with van der Waals surface area (Å²) in [6.45, 7) is 4.71. The third-order valence-corrected chi connectivity index (χ3v) is 4.01. The van der Waals surface area contributed by atoms with E-state index >= 15 is 0 Å². The molecule has 2 fully saturated rings. The summed E-state index contributed by atoms with van der Waals surface area (Å²) in [5, 5.41) is 0.195. The first-order valence-corrected chi connectivity index (χ1v) is 6.86. The molecule has 5 heteroatoms. The van der Waals surface area contributed by atoms with Crippen molar-refractivity contribution in [3.8, 4) is 0 Å². The number of furan rings is 1. The highest BCUT2D eigenvalue weighted by atomic mass is 35.5. The number of piperazine rings is 1. The Labute approximate surface area is 111 Å². The average Bonchev–Trinajstić information content (AvgIpc) is 3.09. The Morgan fingerprint density at radius 3 is 2.61 bits per heavy atom. The fraction of sp³-hybridized carbons (Fsp3) is 0.615. The Morgan fingerprint density at radius 2 is 2.06 bits per heavy atom. The van der Waals surface area contributed by atoms with Gasteiger partial charge in [-0.05, 0) is 36.4 Å². The van der Waals surface area contributed by atoms with E-state index in [1.807, 2.05) is 4.90 Å². The van der Waals surface area contributed by atoms with Crippen LogP contribution in [0.3, 0.4) is 0 Å². The van der Waals surface area contributed by atoms with E-state index in [0.717, 1.165) is 32.1 Å². The van der Waals surface area contributed by atoms with Crippen molar-refractivity contribution < 1.29 is 9.21 Å². The Kier molecular flexibility index (Phi) is 3.31. The standard InChI is InChI=1S/C13H17ClN2O2/c14-12-11(3-8-18-12)13(17)16-6-4-15(5-7-16)9-10-1-2-10/h3,8,10H,1-2,4-7,9H2. The average molecular weight is 269 g/mol. The van der Waals surface area contributed by atoms with Crippen molar-refractivity contribution in [1.82, 2.24) is 9.80 Å². The lowest BCUT2D eigenvalue weighted by atomic mass is 10.2. The second-order valence-electron chi connectivity index (χ2n) is 5.14. The molecule has 0 radical (unpaired) electrons. The molecule has 1 aliphatic carbocycles. The van der Waals surface area contributed by atoms with Crippen molar-refractivity contribution >= 4 is 17.5 Å². The van der Waals surface area contributed by atoms with E-state index < -0.39 is 0 Å². The van der Waals surface area contributed by atoms with Gasteiger partial charge in [-0.25, -0.2) is 0 Å². The normalized spacial score (nSPS) is 21.3. The Hall–Kier alpha value is -1.00. The van der Waals surface area contributed by atoms with Crippen molar-refractivity contribution in [2.45, 2.75) is 12.8 Å². The van der Waals surface area contributed by atoms with Crippen LogP contribution < -0.4 is 0 Å². The lowest BCUT2D eigenvalue weighted by Gasteiger charge is -2.34. The molecule has 18 heavy (non-hydrogen) atoms. The summed E-state index contributed by atoms with van der Waals surface area (Å²) in [6, 6.07) is 1.64. The van der Waals surface area contributed by atoms with Gasteiger partial charge in [0.25, 0.3) is 5.91 Å². The predicted molar refractivity (Wildman–Crippen MR) is 68.8 cm³/mol. The molecular weight excluding hydrogens is 252 g/mol. The maximum atomic E-state index is 12.2. The molecule has 0 N–H and O–H groups in total. The summed E-state index contributed by atoms with van der Waals surface area (Å²) in [6.07, 6.45) is 4.21. The molecule has 1 aromatic heterocycles. The van der Waals surface area contributed by atoms with Crippen LogP contribution in [0.1, 0.15) is 23.2 Å². The molecular formula is C13H17ClN2O2. The van der Waals surface area contributed by atoms with Crippen LogP contribution in [0.5, 0.6) is 0 Å². The molecule has 2 heterocycles. The van der Waals surface area contributed by atoms with Gasteiger partial charge in [0.2, 0.25) is 5.22 Å². The molecule has 4 nitrogen and oxygen atoms in total. The summed E-state index contributed by atoms with van der Waals surface area (Å²) >= 11 is 5.84. The molecule has 1 aromatic rings. The first kappa shape index (κ1) is 12.1. The van der Waals surface area contributed by atoms with Crippen molar-refractivity contribution in [2.24, 2.45) is 5.92 Å². The second-order valence-corrected chi connectivity index (χ2v) is 5.49. The fourth-order valence-electron chi connectivity index (χ4n) is 2.42. The van der Waals surface area contributed by atoms with Gasteiger partial charge in [-0.2, -0.15) is 0 Å². The minimum Gasteiger partial charge on any atom is -0.452 e. The van der Waals surface area contributed by atoms with Crippen LogP contribution in [0, 0.1) is 5.92 Å². The lowest BCUT2D eigenvalue weighted by Crippen LogP contribution is -2.49. The van der Waals surface area contributed by atoms with Gasteiger partial charge in [0.15, 0.2) is 0 Å². The number of halogens is 1. The molecule has 1 saturated carbocycles. The van der Waals surface area contributed by atoms with Gasteiger partial charge in [-0.1, -0.05) is 0 Å². The zero-order chi connectivity index (χ0) is 12.5.